The van der Waals surface area contributed by atoms with E-state index in [-0.39, 0.29) is 11.3 Å². The van der Waals surface area contributed by atoms with Crippen molar-refractivity contribution in [2.24, 2.45) is 0 Å². The molecule has 1 N–H and O–H groups in total. The van der Waals surface area contributed by atoms with E-state index in [2.05, 4.69) is 33.4 Å². The summed E-state index contributed by atoms with van der Waals surface area (Å²) in [5.74, 6) is -2.67. The molecule has 7 heteroatoms. The first-order valence-electron chi connectivity index (χ1n) is 8.65. The highest BCUT2D eigenvalue weighted by molar-refractivity contribution is 9.10. The van der Waals surface area contributed by atoms with Gasteiger partial charge in [-0.05, 0) is 54.8 Å². The van der Waals surface area contributed by atoms with Crippen LogP contribution in [0.3, 0.4) is 0 Å². The zero-order valence-electron chi connectivity index (χ0n) is 14.6. The minimum absolute atomic E-state index is 0.177. The Kier molecular flexibility index (Phi) is 6.89. The second kappa shape index (κ2) is 9.17. The van der Waals surface area contributed by atoms with E-state index in [0.717, 1.165) is 17.3 Å². The number of ether oxygens (including phenoxy) is 1. The van der Waals surface area contributed by atoms with Gasteiger partial charge in [0.25, 0.3) is 11.7 Å². The van der Waals surface area contributed by atoms with E-state index >= 15 is 0 Å². The Balaban J connectivity index is 1.71. The zero-order chi connectivity index (χ0) is 19.3. The van der Waals surface area contributed by atoms with Crippen molar-refractivity contribution in [3.63, 3.8) is 0 Å². The Morgan fingerprint density at radius 1 is 1.19 bits per heavy atom. The Labute approximate surface area is 170 Å². The van der Waals surface area contributed by atoms with Crippen molar-refractivity contribution in [3.8, 4) is 0 Å². The van der Waals surface area contributed by atoms with Gasteiger partial charge in [-0.15, -0.1) is 0 Å². The van der Waals surface area contributed by atoms with Crippen molar-refractivity contribution >= 4 is 33.6 Å². The summed E-state index contributed by atoms with van der Waals surface area (Å²) in [6.45, 7) is 1.81. The normalized spacial score (nSPS) is 16.3. The molecule has 0 bridgehead atoms. The van der Waals surface area contributed by atoms with Gasteiger partial charge in [-0.1, -0.05) is 39.8 Å². The van der Waals surface area contributed by atoms with Crippen LogP contribution >= 0.6 is 27.7 Å². The molecule has 1 saturated heterocycles. The summed E-state index contributed by atoms with van der Waals surface area (Å²) in [7, 11) is 0. The minimum Gasteiger partial charge on any atom is -0.381 e. The van der Waals surface area contributed by atoms with Gasteiger partial charge in [0.2, 0.25) is 0 Å². The van der Waals surface area contributed by atoms with Crippen LogP contribution in [0.15, 0.2) is 57.9 Å². The first-order valence-corrected chi connectivity index (χ1v) is 10.3. The van der Waals surface area contributed by atoms with E-state index in [0.29, 0.717) is 42.0 Å². The fourth-order valence-electron chi connectivity index (χ4n) is 3.29. The molecule has 1 aliphatic heterocycles. The number of alkyl halides is 2. The van der Waals surface area contributed by atoms with Gasteiger partial charge in [0.05, 0.1) is 0 Å². The molecule has 144 valence electrons. The number of benzene rings is 2. The second-order valence-electron chi connectivity index (χ2n) is 6.49. The molecule has 27 heavy (non-hydrogen) atoms. The van der Waals surface area contributed by atoms with Gasteiger partial charge in [0, 0.05) is 40.1 Å². The van der Waals surface area contributed by atoms with Crippen LogP contribution in [-0.4, -0.2) is 31.4 Å². The highest BCUT2D eigenvalue weighted by Gasteiger charge is 2.35. The number of hydrogen-bond donors (Lipinski definition) is 1. The summed E-state index contributed by atoms with van der Waals surface area (Å²) in [5, 5.41) is 3.02. The van der Waals surface area contributed by atoms with E-state index in [4.69, 9.17) is 4.74 Å². The maximum absolute atomic E-state index is 12.6. The highest BCUT2D eigenvalue weighted by atomic mass is 79.9. The van der Waals surface area contributed by atoms with Gasteiger partial charge in [-0.3, -0.25) is 4.79 Å². The molecular weight excluding hydrogens is 436 g/mol. The number of rotatable bonds is 6. The van der Waals surface area contributed by atoms with Gasteiger partial charge < -0.3 is 10.1 Å². The van der Waals surface area contributed by atoms with Crippen molar-refractivity contribution in [2.45, 2.75) is 28.9 Å². The maximum atomic E-state index is 12.6. The van der Waals surface area contributed by atoms with Gasteiger partial charge in [-0.2, -0.15) is 8.78 Å². The molecule has 2 aromatic rings. The van der Waals surface area contributed by atoms with Crippen LogP contribution in [0, 0.1) is 0 Å². The molecule has 0 aliphatic carbocycles. The summed E-state index contributed by atoms with van der Waals surface area (Å²) in [4.78, 5) is 13.0. The molecule has 3 rings (SSSR count). The van der Waals surface area contributed by atoms with E-state index in [1.165, 1.54) is 5.56 Å². The number of thioether (sulfide) groups is 1. The molecule has 0 saturated carbocycles. The van der Waals surface area contributed by atoms with Crippen LogP contribution in [0.5, 0.6) is 0 Å². The predicted molar refractivity (Wildman–Crippen MR) is 107 cm³/mol. The van der Waals surface area contributed by atoms with Crippen molar-refractivity contribution in [2.75, 3.05) is 19.8 Å². The average molecular weight is 456 g/mol. The Bertz CT molecular complexity index is 780. The summed E-state index contributed by atoms with van der Waals surface area (Å²) < 4.78 is 31.3. The molecule has 1 amide bonds. The van der Waals surface area contributed by atoms with Gasteiger partial charge in [-0.25, -0.2) is 0 Å². The standard InChI is InChI=1S/C20H20BrF2NO2S/c21-16-3-1-2-15(12-16)20(8-10-26-11-9-20)13-24-18(25)14-4-6-17(7-5-14)27-19(22)23/h1-7,12,19H,8-11,13H2,(H,24,25). The maximum Gasteiger partial charge on any atom is 0.288 e. The Morgan fingerprint density at radius 3 is 2.52 bits per heavy atom. The summed E-state index contributed by atoms with van der Waals surface area (Å²) >= 11 is 3.99. The van der Waals surface area contributed by atoms with E-state index in [1.54, 1.807) is 24.3 Å². The SMILES string of the molecule is O=C(NCC1(c2cccc(Br)c2)CCOCC1)c1ccc(SC(F)F)cc1. The highest BCUT2D eigenvalue weighted by Crippen LogP contribution is 2.35. The fourth-order valence-corrected chi connectivity index (χ4v) is 4.19. The Hall–Kier alpha value is -1.44. The van der Waals surface area contributed by atoms with Crippen LogP contribution in [0.25, 0.3) is 0 Å². The molecule has 3 nitrogen and oxygen atoms in total. The van der Waals surface area contributed by atoms with Crippen LogP contribution in [0.1, 0.15) is 28.8 Å². The lowest BCUT2D eigenvalue weighted by molar-refractivity contribution is 0.0487. The van der Waals surface area contributed by atoms with Crippen molar-refractivity contribution in [1.82, 2.24) is 5.32 Å². The smallest absolute Gasteiger partial charge is 0.288 e. The topological polar surface area (TPSA) is 38.3 Å². The lowest BCUT2D eigenvalue weighted by atomic mass is 9.74. The molecule has 0 unspecified atom stereocenters. The van der Waals surface area contributed by atoms with Gasteiger partial charge >= 0.3 is 0 Å². The number of carbonyl (C=O) groups excluding carboxylic acids is 1. The fraction of sp³-hybridized carbons (Fsp3) is 0.350. The lowest BCUT2D eigenvalue weighted by Gasteiger charge is -2.38. The number of nitrogens with one attached hydrogen (secondary N) is 1. The molecule has 2 aromatic carbocycles. The third kappa shape index (κ3) is 5.30. The third-order valence-corrected chi connectivity index (χ3v) is 6.03. The summed E-state index contributed by atoms with van der Waals surface area (Å²) in [6, 6.07) is 14.4. The molecule has 0 atom stereocenters. The average Bonchev–Trinajstić information content (AvgIpc) is 2.67. The van der Waals surface area contributed by atoms with Gasteiger partial charge in [0.1, 0.15) is 0 Å². The van der Waals surface area contributed by atoms with Crippen LogP contribution in [-0.2, 0) is 10.2 Å². The van der Waals surface area contributed by atoms with Crippen LogP contribution in [0.4, 0.5) is 8.78 Å². The summed E-state index contributed by atoms with van der Waals surface area (Å²) in [6.07, 6.45) is 1.65. The van der Waals surface area contributed by atoms with E-state index in [9.17, 15) is 13.6 Å². The van der Waals surface area contributed by atoms with E-state index < -0.39 is 5.76 Å². The third-order valence-electron chi connectivity index (χ3n) is 4.82. The van der Waals surface area contributed by atoms with Crippen molar-refractivity contribution < 1.29 is 18.3 Å². The molecule has 1 fully saturated rings. The molecule has 1 aliphatic rings. The number of hydrogen-bond acceptors (Lipinski definition) is 3. The first-order chi connectivity index (χ1) is 13.0. The molecule has 0 radical (unpaired) electrons. The minimum atomic E-state index is -2.47. The lowest BCUT2D eigenvalue weighted by Crippen LogP contribution is -2.44. The summed E-state index contributed by atoms with van der Waals surface area (Å²) in [5.41, 5.74) is 1.46. The molecular formula is C20H20BrF2NO2S. The number of halogens is 3. The zero-order valence-corrected chi connectivity index (χ0v) is 17.0. The monoisotopic (exact) mass is 455 g/mol. The second-order valence-corrected chi connectivity index (χ2v) is 8.47. The van der Waals surface area contributed by atoms with Crippen molar-refractivity contribution in [1.29, 1.82) is 0 Å². The van der Waals surface area contributed by atoms with Crippen LogP contribution in [0.2, 0.25) is 0 Å². The predicted octanol–water partition coefficient (Wildman–Crippen LogP) is 5.24. The number of amides is 1. The molecule has 1 heterocycles. The van der Waals surface area contributed by atoms with Crippen molar-refractivity contribution in [3.05, 3.63) is 64.1 Å². The van der Waals surface area contributed by atoms with Crippen LogP contribution < -0.4 is 5.32 Å². The molecule has 0 spiro atoms. The quantitative estimate of drug-likeness (QED) is 0.605. The first kappa shape index (κ1) is 20.3. The van der Waals surface area contributed by atoms with Gasteiger partial charge in [0.15, 0.2) is 0 Å². The largest absolute Gasteiger partial charge is 0.381 e. The Morgan fingerprint density at radius 2 is 1.89 bits per heavy atom. The van der Waals surface area contributed by atoms with E-state index in [1.807, 2.05) is 12.1 Å². The molecule has 0 aromatic heterocycles. The number of carbonyl (C=O) groups is 1.